The van der Waals surface area contributed by atoms with Crippen molar-refractivity contribution in [2.45, 2.75) is 54.0 Å². The summed E-state index contributed by atoms with van der Waals surface area (Å²) < 4.78 is 2.45. The van der Waals surface area contributed by atoms with E-state index in [9.17, 15) is 0 Å². The maximum Gasteiger partial charge on any atom is 0.0209 e. The van der Waals surface area contributed by atoms with Gasteiger partial charge in [0.1, 0.15) is 0 Å². The molecule has 0 spiro atoms. The van der Waals surface area contributed by atoms with Crippen molar-refractivity contribution in [3.05, 3.63) is 22.5 Å². The fraction of sp³-hybridized carbons (Fsp3) is 0.667. The first-order valence-corrected chi connectivity index (χ1v) is 5.34. The standard InChI is InChI=1S/C12H21N/c1-6-11-9(4)10(5)13(8-3)12(11)7-2/h6-8H2,1-5H3. The van der Waals surface area contributed by atoms with Gasteiger partial charge < -0.3 is 4.57 Å². The fourth-order valence-electron chi connectivity index (χ4n) is 2.30. The maximum atomic E-state index is 2.45. The summed E-state index contributed by atoms with van der Waals surface area (Å²) in [5, 5.41) is 0. The second-order valence-corrected chi connectivity index (χ2v) is 3.59. The van der Waals surface area contributed by atoms with Gasteiger partial charge in [-0.1, -0.05) is 13.8 Å². The number of aromatic nitrogens is 1. The monoisotopic (exact) mass is 179 g/mol. The highest BCUT2D eigenvalue weighted by Gasteiger charge is 2.12. The zero-order valence-electron chi connectivity index (χ0n) is 9.57. The van der Waals surface area contributed by atoms with Crippen molar-refractivity contribution in [3.8, 4) is 0 Å². The normalized spacial score (nSPS) is 10.8. The van der Waals surface area contributed by atoms with Gasteiger partial charge in [-0.2, -0.15) is 0 Å². The van der Waals surface area contributed by atoms with Crippen molar-refractivity contribution in [2.75, 3.05) is 0 Å². The van der Waals surface area contributed by atoms with Gasteiger partial charge in [-0.3, -0.25) is 0 Å². The van der Waals surface area contributed by atoms with Gasteiger partial charge in [-0.05, 0) is 44.7 Å². The van der Waals surface area contributed by atoms with E-state index in [2.05, 4.69) is 39.2 Å². The summed E-state index contributed by atoms with van der Waals surface area (Å²) in [7, 11) is 0. The molecule has 0 atom stereocenters. The van der Waals surface area contributed by atoms with Crippen LogP contribution in [0.3, 0.4) is 0 Å². The summed E-state index contributed by atoms with van der Waals surface area (Å²) >= 11 is 0. The summed E-state index contributed by atoms with van der Waals surface area (Å²) in [4.78, 5) is 0. The molecule has 1 heterocycles. The van der Waals surface area contributed by atoms with Gasteiger partial charge in [0.15, 0.2) is 0 Å². The molecule has 0 unspecified atom stereocenters. The van der Waals surface area contributed by atoms with Gasteiger partial charge in [0.05, 0.1) is 0 Å². The zero-order valence-corrected chi connectivity index (χ0v) is 9.57. The zero-order chi connectivity index (χ0) is 10.0. The molecule has 0 amide bonds. The lowest BCUT2D eigenvalue weighted by Crippen LogP contribution is -2.02. The minimum absolute atomic E-state index is 1.11. The molecule has 0 radical (unpaired) electrons. The van der Waals surface area contributed by atoms with Crippen LogP contribution in [0.2, 0.25) is 0 Å². The molecule has 0 fully saturated rings. The van der Waals surface area contributed by atoms with E-state index in [0.29, 0.717) is 0 Å². The quantitative estimate of drug-likeness (QED) is 0.671. The van der Waals surface area contributed by atoms with Gasteiger partial charge in [0.25, 0.3) is 0 Å². The molecule has 0 N–H and O–H groups in total. The highest BCUT2D eigenvalue weighted by Crippen LogP contribution is 2.22. The van der Waals surface area contributed by atoms with Crippen LogP contribution in [0, 0.1) is 13.8 Å². The summed E-state index contributed by atoms with van der Waals surface area (Å²) in [5.74, 6) is 0. The molecule has 0 aromatic carbocycles. The van der Waals surface area contributed by atoms with E-state index in [4.69, 9.17) is 0 Å². The molecular weight excluding hydrogens is 158 g/mol. The van der Waals surface area contributed by atoms with Crippen molar-refractivity contribution in [3.63, 3.8) is 0 Å². The third kappa shape index (κ3) is 1.52. The lowest BCUT2D eigenvalue weighted by Gasteiger charge is -2.07. The van der Waals surface area contributed by atoms with Crippen LogP contribution < -0.4 is 0 Å². The molecule has 1 rings (SSSR count). The Hall–Kier alpha value is -0.720. The predicted octanol–water partition coefficient (Wildman–Crippen LogP) is 3.25. The fourth-order valence-corrected chi connectivity index (χ4v) is 2.30. The summed E-state index contributed by atoms with van der Waals surface area (Å²) in [5.41, 5.74) is 6.07. The summed E-state index contributed by atoms with van der Waals surface area (Å²) in [6, 6.07) is 0. The molecule has 0 saturated carbocycles. The van der Waals surface area contributed by atoms with Crippen molar-refractivity contribution in [2.24, 2.45) is 0 Å². The Morgan fingerprint density at radius 2 is 1.62 bits per heavy atom. The van der Waals surface area contributed by atoms with E-state index in [1.54, 1.807) is 11.3 Å². The molecule has 1 aromatic heterocycles. The molecular formula is C12H21N. The topological polar surface area (TPSA) is 4.93 Å². The lowest BCUT2D eigenvalue weighted by molar-refractivity contribution is 0.694. The highest BCUT2D eigenvalue weighted by molar-refractivity contribution is 5.37. The molecule has 0 bridgehead atoms. The molecule has 0 saturated heterocycles. The van der Waals surface area contributed by atoms with Gasteiger partial charge in [-0.15, -0.1) is 0 Å². The third-order valence-corrected chi connectivity index (χ3v) is 3.08. The molecule has 0 aliphatic carbocycles. The van der Waals surface area contributed by atoms with Crippen molar-refractivity contribution < 1.29 is 0 Å². The van der Waals surface area contributed by atoms with Crippen LogP contribution in [0.25, 0.3) is 0 Å². The van der Waals surface area contributed by atoms with E-state index >= 15 is 0 Å². The number of hydrogen-bond acceptors (Lipinski definition) is 0. The molecule has 74 valence electrons. The lowest BCUT2D eigenvalue weighted by atomic mass is 10.1. The molecule has 0 aliphatic rings. The second kappa shape index (κ2) is 3.99. The van der Waals surface area contributed by atoms with E-state index in [1.807, 2.05) is 0 Å². The number of rotatable bonds is 3. The molecule has 1 aromatic rings. The largest absolute Gasteiger partial charge is 0.349 e. The van der Waals surface area contributed by atoms with E-state index in [1.165, 1.54) is 17.7 Å². The minimum atomic E-state index is 1.11. The first-order valence-electron chi connectivity index (χ1n) is 5.34. The second-order valence-electron chi connectivity index (χ2n) is 3.59. The van der Waals surface area contributed by atoms with Gasteiger partial charge in [0.2, 0.25) is 0 Å². The van der Waals surface area contributed by atoms with Crippen molar-refractivity contribution >= 4 is 0 Å². The highest BCUT2D eigenvalue weighted by atomic mass is 15.0. The third-order valence-electron chi connectivity index (χ3n) is 3.08. The van der Waals surface area contributed by atoms with Crippen LogP contribution in [0.4, 0.5) is 0 Å². The minimum Gasteiger partial charge on any atom is -0.349 e. The average molecular weight is 179 g/mol. The van der Waals surface area contributed by atoms with Crippen molar-refractivity contribution in [1.29, 1.82) is 0 Å². The summed E-state index contributed by atoms with van der Waals surface area (Å²) in [6.07, 6.45) is 2.33. The summed E-state index contributed by atoms with van der Waals surface area (Å²) in [6.45, 7) is 12.3. The van der Waals surface area contributed by atoms with Crippen LogP contribution in [0.15, 0.2) is 0 Å². The maximum absolute atomic E-state index is 2.45. The van der Waals surface area contributed by atoms with Crippen LogP contribution in [0.1, 0.15) is 43.3 Å². The predicted molar refractivity (Wildman–Crippen MR) is 58.3 cm³/mol. The average Bonchev–Trinajstić information content (AvgIpc) is 2.38. The number of hydrogen-bond donors (Lipinski definition) is 0. The van der Waals surface area contributed by atoms with Crippen LogP contribution in [-0.2, 0) is 19.4 Å². The Bertz CT molecular complexity index is 267. The Balaban J connectivity index is 3.34. The van der Waals surface area contributed by atoms with Gasteiger partial charge in [0, 0.05) is 17.9 Å². The number of nitrogens with zero attached hydrogens (tertiary/aromatic N) is 1. The van der Waals surface area contributed by atoms with E-state index in [0.717, 1.165) is 13.0 Å². The molecule has 0 aliphatic heterocycles. The first kappa shape index (κ1) is 10.4. The molecule has 1 heteroatoms. The first-order chi connectivity index (χ1) is 6.17. The van der Waals surface area contributed by atoms with Crippen LogP contribution in [-0.4, -0.2) is 4.57 Å². The Morgan fingerprint density at radius 1 is 1.00 bits per heavy atom. The van der Waals surface area contributed by atoms with Crippen LogP contribution >= 0.6 is 0 Å². The Morgan fingerprint density at radius 3 is 2.00 bits per heavy atom. The van der Waals surface area contributed by atoms with Crippen molar-refractivity contribution in [1.82, 2.24) is 4.57 Å². The SMILES string of the molecule is CCc1c(C)c(C)n(CC)c1CC. The Labute approximate surface area is 81.8 Å². The molecule has 13 heavy (non-hydrogen) atoms. The Kier molecular flexibility index (Phi) is 3.18. The molecule has 1 nitrogen and oxygen atoms in total. The smallest absolute Gasteiger partial charge is 0.0209 e. The van der Waals surface area contributed by atoms with Crippen LogP contribution in [0.5, 0.6) is 0 Å². The van der Waals surface area contributed by atoms with E-state index in [-0.39, 0.29) is 0 Å². The van der Waals surface area contributed by atoms with Gasteiger partial charge in [-0.25, -0.2) is 0 Å². The van der Waals surface area contributed by atoms with E-state index < -0.39 is 0 Å². The van der Waals surface area contributed by atoms with Gasteiger partial charge >= 0.3 is 0 Å².